The van der Waals surface area contributed by atoms with Gasteiger partial charge in [-0.05, 0) is 32.3 Å². The smallest absolute Gasteiger partial charge is 0.133 e. The van der Waals surface area contributed by atoms with Crippen molar-refractivity contribution in [3.63, 3.8) is 0 Å². The van der Waals surface area contributed by atoms with Gasteiger partial charge in [0.25, 0.3) is 0 Å². The molecule has 3 heteroatoms. The molecule has 0 atom stereocenters. The predicted molar refractivity (Wildman–Crippen MR) is 89.7 cm³/mol. The van der Waals surface area contributed by atoms with Gasteiger partial charge in [0, 0.05) is 24.1 Å². The van der Waals surface area contributed by atoms with Gasteiger partial charge in [0.15, 0.2) is 0 Å². The summed E-state index contributed by atoms with van der Waals surface area (Å²) in [5.74, 6) is 1.91. The molecule has 0 bridgehead atoms. The maximum absolute atomic E-state index is 4.81. The van der Waals surface area contributed by atoms with Crippen molar-refractivity contribution in [2.45, 2.75) is 47.0 Å². The number of nitrogens with zero attached hydrogens (tertiary/aromatic N) is 2. The highest BCUT2D eigenvalue weighted by Crippen LogP contribution is 2.28. The van der Waals surface area contributed by atoms with E-state index in [9.17, 15) is 0 Å². The van der Waals surface area contributed by atoms with Crippen LogP contribution in [-0.4, -0.2) is 16.5 Å². The van der Waals surface area contributed by atoms with Gasteiger partial charge in [-0.1, -0.05) is 38.1 Å². The number of hydrogen-bond donors (Lipinski definition) is 1. The molecule has 0 saturated heterocycles. The molecule has 0 amide bonds. The first-order valence-corrected chi connectivity index (χ1v) is 7.84. The number of anilines is 1. The first kappa shape index (κ1) is 15.5. The van der Waals surface area contributed by atoms with Crippen LogP contribution < -0.4 is 5.32 Å². The Kier molecular flexibility index (Phi) is 5.32. The van der Waals surface area contributed by atoms with E-state index < -0.39 is 0 Å². The van der Waals surface area contributed by atoms with Gasteiger partial charge in [-0.15, -0.1) is 0 Å². The Bertz CT molecular complexity index is 605. The molecule has 2 rings (SSSR count). The van der Waals surface area contributed by atoms with E-state index >= 15 is 0 Å². The normalized spacial score (nSPS) is 10.7. The molecule has 1 heterocycles. The second-order valence-electron chi connectivity index (χ2n) is 5.45. The third-order valence-electron chi connectivity index (χ3n) is 3.61. The third kappa shape index (κ3) is 3.60. The summed E-state index contributed by atoms with van der Waals surface area (Å²) < 4.78 is 0. The zero-order valence-electron chi connectivity index (χ0n) is 13.5. The van der Waals surface area contributed by atoms with Crippen molar-refractivity contribution in [1.29, 1.82) is 0 Å². The van der Waals surface area contributed by atoms with E-state index in [1.54, 1.807) is 0 Å². The first-order valence-electron chi connectivity index (χ1n) is 7.84. The molecule has 1 aromatic heterocycles. The van der Waals surface area contributed by atoms with E-state index in [-0.39, 0.29) is 0 Å². The SMILES string of the molecule is CCCNc1nc(CCC)nc(-c2ccccc2C)c1C. The van der Waals surface area contributed by atoms with Crippen molar-refractivity contribution in [2.75, 3.05) is 11.9 Å². The van der Waals surface area contributed by atoms with Gasteiger partial charge in [0.05, 0.1) is 5.69 Å². The summed E-state index contributed by atoms with van der Waals surface area (Å²) in [6, 6.07) is 8.42. The fraction of sp³-hybridized carbons (Fsp3) is 0.444. The van der Waals surface area contributed by atoms with Gasteiger partial charge < -0.3 is 5.32 Å². The van der Waals surface area contributed by atoms with Gasteiger partial charge >= 0.3 is 0 Å². The second-order valence-corrected chi connectivity index (χ2v) is 5.45. The summed E-state index contributed by atoms with van der Waals surface area (Å²) in [5.41, 5.74) is 4.65. The highest BCUT2D eigenvalue weighted by atomic mass is 15.0. The van der Waals surface area contributed by atoms with Crippen LogP contribution in [-0.2, 0) is 6.42 Å². The molecular weight excluding hydrogens is 258 g/mol. The average molecular weight is 283 g/mol. The van der Waals surface area contributed by atoms with Crippen LogP contribution in [0.5, 0.6) is 0 Å². The van der Waals surface area contributed by atoms with Crippen molar-refractivity contribution in [3.05, 3.63) is 41.2 Å². The maximum Gasteiger partial charge on any atom is 0.133 e. The fourth-order valence-electron chi connectivity index (χ4n) is 2.41. The van der Waals surface area contributed by atoms with E-state index in [1.807, 2.05) is 0 Å². The Morgan fingerprint density at radius 2 is 1.76 bits per heavy atom. The molecule has 1 aromatic carbocycles. The van der Waals surface area contributed by atoms with Gasteiger partial charge in [0.1, 0.15) is 11.6 Å². The Hall–Kier alpha value is -1.90. The third-order valence-corrected chi connectivity index (χ3v) is 3.61. The number of aryl methyl sites for hydroxylation is 2. The molecule has 2 aromatic rings. The molecule has 112 valence electrons. The lowest BCUT2D eigenvalue weighted by Crippen LogP contribution is -2.09. The number of rotatable bonds is 6. The van der Waals surface area contributed by atoms with Gasteiger partial charge in [-0.3, -0.25) is 0 Å². The highest BCUT2D eigenvalue weighted by Gasteiger charge is 2.13. The number of nitrogens with one attached hydrogen (secondary N) is 1. The fourth-order valence-corrected chi connectivity index (χ4v) is 2.41. The van der Waals surface area contributed by atoms with Crippen LogP contribution in [0.4, 0.5) is 5.82 Å². The minimum atomic E-state index is 0.917. The van der Waals surface area contributed by atoms with Crippen LogP contribution in [0.3, 0.4) is 0 Å². The Balaban J connectivity index is 2.53. The lowest BCUT2D eigenvalue weighted by Gasteiger charge is -2.15. The molecule has 0 aliphatic heterocycles. The molecule has 1 N–H and O–H groups in total. The number of hydrogen-bond acceptors (Lipinski definition) is 3. The molecule has 21 heavy (non-hydrogen) atoms. The van der Waals surface area contributed by atoms with Crippen molar-refractivity contribution in [1.82, 2.24) is 9.97 Å². The predicted octanol–water partition coefficient (Wildman–Crippen LogP) is 4.53. The number of benzene rings is 1. The minimum Gasteiger partial charge on any atom is -0.370 e. The van der Waals surface area contributed by atoms with E-state index in [1.165, 1.54) is 11.1 Å². The molecule has 0 radical (unpaired) electrons. The van der Waals surface area contributed by atoms with Crippen molar-refractivity contribution < 1.29 is 0 Å². The summed E-state index contributed by atoms with van der Waals surface area (Å²) in [7, 11) is 0. The topological polar surface area (TPSA) is 37.8 Å². The Labute approximate surface area is 127 Å². The molecule has 0 aliphatic rings. The van der Waals surface area contributed by atoms with Gasteiger partial charge in [-0.25, -0.2) is 9.97 Å². The summed E-state index contributed by atoms with van der Waals surface area (Å²) in [5, 5.41) is 3.44. The van der Waals surface area contributed by atoms with Crippen LogP contribution in [0, 0.1) is 13.8 Å². The quantitative estimate of drug-likeness (QED) is 0.846. The molecule has 0 unspecified atom stereocenters. The highest BCUT2D eigenvalue weighted by molar-refractivity contribution is 5.70. The van der Waals surface area contributed by atoms with Gasteiger partial charge in [-0.2, -0.15) is 0 Å². The van der Waals surface area contributed by atoms with Crippen LogP contribution in [0.25, 0.3) is 11.3 Å². The molecule has 0 saturated carbocycles. The van der Waals surface area contributed by atoms with Gasteiger partial charge in [0.2, 0.25) is 0 Å². The van der Waals surface area contributed by atoms with E-state index in [2.05, 4.69) is 57.3 Å². The monoisotopic (exact) mass is 283 g/mol. The van der Waals surface area contributed by atoms with Crippen molar-refractivity contribution in [2.24, 2.45) is 0 Å². The summed E-state index contributed by atoms with van der Waals surface area (Å²) in [6.07, 6.45) is 3.07. The molecule has 0 fully saturated rings. The molecule has 0 spiro atoms. The second kappa shape index (κ2) is 7.21. The lowest BCUT2D eigenvalue weighted by molar-refractivity contribution is 0.830. The minimum absolute atomic E-state index is 0.917. The van der Waals surface area contributed by atoms with Crippen LogP contribution in [0.1, 0.15) is 43.6 Å². The van der Waals surface area contributed by atoms with Crippen LogP contribution in [0.2, 0.25) is 0 Å². The summed E-state index contributed by atoms with van der Waals surface area (Å²) >= 11 is 0. The lowest BCUT2D eigenvalue weighted by atomic mass is 10.0. The van der Waals surface area contributed by atoms with Crippen molar-refractivity contribution in [3.8, 4) is 11.3 Å². The first-order chi connectivity index (χ1) is 10.2. The van der Waals surface area contributed by atoms with E-state index in [4.69, 9.17) is 9.97 Å². The Morgan fingerprint density at radius 3 is 2.43 bits per heavy atom. The largest absolute Gasteiger partial charge is 0.370 e. The molecule has 0 aliphatic carbocycles. The van der Waals surface area contributed by atoms with E-state index in [0.717, 1.165) is 48.7 Å². The molecule has 3 nitrogen and oxygen atoms in total. The average Bonchev–Trinajstić information content (AvgIpc) is 2.48. The summed E-state index contributed by atoms with van der Waals surface area (Å²) in [4.78, 5) is 9.50. The molecular formula is C18H25N3. The maximum atomic E-state index is 4.81. The van der Waals surface area contributed by atoms with Crippen LogP contribution >= 0.6 is 0 Å². The standard InChI is InChI=1S/C18H25N3/c1-5-9-16-20-17(15-11-8-7-10-13(15)3)14(4)18(21-16)19-12-6-2/h7-8,10-11H,5-6,9,12H2,1-4H3,(H,19,20,21). The number of aromatic nitrogens is 2. The Morgan fingerprint density at radius 1 is 1.00 bits per heavy atom. The van der Waals surface area contributed by atoms with Crippen LogP contribution in [0.15, 0.2) is 24.3 Å². The van der Waals surface area contributed by atoms with E-state index in [0.29, 0.717) is 0 Å². The van der Waals surface area contributed by atoms with Crippen molar-refractivity contribution >= 4 is 5.82 Å². The zero-order valence-corrected chi connectivity index (χ0v) is 13.5. The zero-order chi connectivity index (χ0) is 15.2. The summed E-state index contributed by atoms with van der Waals surface area (Å²) in [6.45, 7) is 9.51.